The van der Waals surface area contributed by atoms with E-state index in [4.69, 9.17) is 9.47 Å². The Balaban J connectivity index is 1.90. The summed E-state index contributed by atoms with van der Waals surface area (Å²) < 4.78 is 76.5. The molecule has 0 saturated carbocycles. The summed E-state index contributed by atoms with van der Waals surface area (Å²) in [7, 11) is -5.81. The van der Waals surface area contributed by atoms with Crippen molar-refractivity contribution in [2.75, 3.05) is 13.1 Å². The normalized spacial score (nSPS) is 24.7. The quantitative estimate of drug-likeness (QED) is 0.520. The van der Waals surface area contributed by atoms with Crippen molar-refractivity contribution in [3.63, 3.8) is 0 Å². The van der Waals surface area contributed by atoms with Crippen LogP contribution in [0.1, 0.15) is 44.7 Å². The SMILES string of the molecule is CC(C)(C)OC(=O)N1C[C@@H]2c3cccc(OS(=O)(=O)C(F)(F)F)c3CO[C@@]2(C)C1. The van der Waals surface area contributed by atoms with Crippen LogP contribution in [-0.2, 0) is 26.2 Å². The molecule has 3 rings (SSSR count). The van der Waals surface area contributed by atoms with Gasteiger partial charge in [-0.25, -0.2) is 4.79 Å². The number of benzene rings is 1. The van der Waals surface area contributed by atoms with Crippen molar-refractivity contribution in [1.29, 1.82) is 0 Å². The van der Waals surface area contributed by atoms with Crippen molar-refractivity contribution in [1.82, 2.24) is 4.90 Å². The van der Waals surface area contributed by atoms with Gasteiger partial charge in [0.15, 0.2) is 0 Å². The molecule has 2 heterocycles. The Morgan fingerprint density at radius 3 is 2.52 bits per heavy atom. The van der Waals surface area contributed by atoms with E-state index in [0.29, 0.717) is 5.56 Å². The second kappa shape index (κ2) is 6.76. The lowest BCUT2D eigenvalue weighted by molar-refractivity contribution is -0.0589. The van der Waals surface area contributed by atoms with Crippen molar-refractivity contribution in [3.05, 3.63) is 29.3 Å². The topological polar surface area (TPSA) is 82.1 Å². The van der Waals surface area contributed by atoms with E-state index in [0.717, 1.165) is 6.07 Å². The molecule has 7 nitrogen and oxygen atoms in total. The third-order valence-electron chi connectivity index (χ3n) is 4.87. The first-order chi connectivity index (χ1) is 13.1. The third-order valence-corrected chi connectivity index (χ3v) is 5.84. The lowest BCUT2D eigenvalue weighted by Gasteiger charge is -2.37. The van der Waals surface area contributed by atoms with Crippen LogP contribution in [0.2, 0.25) is 0 Å². The number of amides is 1. The maximum Gasteiger partial charge on any atom is 0.534 e. The highest BCUT2D eigenvalue weighted by Gasteiger charge is 2.52. The van der Waals surface area contributed by atoms with Crippen molar-refractivity contribution in [3.8, 4) is 5.75 Å². The summed E-state index contributed by atoms with van der Waals surface area (Å²) in [6, 6.07) is 4.24. The van der Waals surface area contributed by atoms with Crippen LogP contribution >= 0.6 is 0 Å². The smallest absolute Gasteiger partial charge is 0.444 e. The second-order valence-corrected chi connectivity index (χ2v) is 9.86. The van der Waals surface area contributed by atoms with Gasteiger partial charge in [-0.1, -0.05) is 12.1 Å². The average molecular weight is 437 g/mol. The molecule has 162 valence electrons. The van der Waals surface area contributed by atoms with Crippen LogP contribution in [0.3, 0.4) is 0 Å². The first-order valence-corrected chi connectivity index (χ1v) is 10.3. The number of hydrogen-bond donors (Lipinski definition) is 0. The molecule has 2 atom stereocenters. The van der Waals surface area contributed by atoms with E-state index in [9.17, 15) is 26.4 Å². The van der Waals surface area contributed by atoms with Crippen LogP contribution in [0.5, 0.6) is 5.75 Å². The fourth-order valence-electron chi connectivity index (χ4n) is 3.55. The van der Waals surface area contributed by atoms with Gasteiger partial charge in [-0.3, -0.25) is 0 Å². The molecule has 29 heavy (non-hydrogen) atoms. The van der Waals surface area contributed by atoms with Gasteiger partial charge in [0.1, 0.15) is 11.4 Å². The van der Waals surface area contributed by atoms with Gasteiger partial charge in [0.05, 0.1) is 18.8 Å². The highest BCUT2D eigenvalue weighted by molar-refractivity contribution is 7.88. The van der Waals surface area contributed by atoms with Crippen molar-refractivity contribution in [2.45, 2.75) is 56.9 Å². The van der Waals surface area contributed by atoms with Crippen LogP contribution < -0.4 is 4.18 Å². The van der Waals surface area contributed by atoms with Gasteiger partial charge >= 0.3 is 21.7 Å². The van der Waals surface area contributed by atoms with Crippen molar-refractivity contribution in [2.24, 2.45) is 0 Å². The standard InChI is InChI=1S/C18H22F3NO6S/c1-16(2,3)27-15(23)22-8-13-11-6-5-7-14(28-29(24,25)18(19,20)21)12(11)9-26-17(13,4)10-22/h5-7,13H,8-10H2,1-4H3/t13-,17+/m1/s1. The fraction of sp³-hybridized carbons (Fsp3) is 0.611. The zero-order valence-electron chi connectivity index (χ0n) is 16.4. The summed E-state index contributed by atoms with van der Waals surface area (Å²) in [4.78, 5) is 13.9. The molecule has 0 aromatic heterocycles. The lowest BCUT2D eigenvalue weighted by atomic mass is 9.81. The van der Waals surface area contributed by atoms with E-state index in [2.05, 4.69) is 4.18 Å². The minimum absolute atomic E-state index is 0.145. The predicted molar refractivity (Wildman–Crippen MR) is 95.8 cm³/mol. The summed E-state index contributed by atoms with van der Waals surface area (Å²) in [5, 5.41) is 0. The van der Waals surface area contributed by atoms with E-state index in [-0.39, 0.29) is 31.2 Å². The second-order valence-electron chi connectivity index (χ2n) is 8.32. The highest BCUT2D eigenvalue weighted by atomic mass is 32.2. The maximum absolute atomic E-state index is 12.7. The monoisotopic (exact) mass is 437 g/mol. The maximum atomic E-state index is 12.7. The number of likely N-dealkylation sites (tertiary alicyclic amines) is 1. The number of hydrogen-bond acceptors (Lipinski definition) is 6. The van der Waals surface area contributed by atoms with Crippen LogP contribution in [0.25, 0.3) is 0 Å². The first kappa shape index (κ1) is 21.7. The molecule has 1 aromatic carbocycles. The number of halogens is 3. The van der Waals surface area contributed by atoms with E-state index in [1.807, 2.05) is 0 Å². The molecule has 0 bridgehead atoms. The number of rotatable bonds is 2. The lowest BCUT2D eigenvalue weighted by Crippen LogP contribution is -2.41. The molecule has 0 N–H and O–H groups in total. The Labute approximate surface area is 166 Å². The van der Waals surface area contributed by atoms with E-state index in [1.54, 1.807) is 33.8 Å². The van der Waals surface area contributed by atoms with Gasteiger partial charge in [-0.15, -0.1) is 0 Å². The summed E-state index contributed by atoms with van der Waals surface area (Å²) in [5.74, 6) is -0.812. The number of nitrogens with zero attached hydrogens (tertiary/aromatic N) is 1. The number of carbonyl (C=O) groups excluding carboxylic acids is 1. The molecule has 0 spiro atoms. The number of alkyl halides is 3. The molecule has 1 amide bonds. The van der Waals surface area contributed by atoms with Gasteiger partial charge in [-0.2, -0.15) is 21.6 Å². The summed E-state index contributed by atoms with van der Waals surface area (Å²) in [6.07, 6.45) is -0.523. The molecule has 0 radical (unpaired) electrons. The molecule has 2 aliphatic heterocycles. The molecule has 1 fully saturated rings. The van der Waals surface area contributed by atoms with Crippen LogP contribution in [0.4, 0.5) is 18.0 Å². The largest absolute Gasteiger partial charge is 0.534 e. The van der Waals surface area contributed by atoms with Gasteiger partial charge in [0.25, 0.3) is 0 Å². The third kappa shape index (κ3) is 4.16. The molecule has 1 saturated heterocycles. The Bertz CT molecular complexity index is 925. The number of fused-ring (bicyclic) bond motifs is 3. The molecular weight excluding hydrogens is 415 g/mol. The average Bonchev–Trinajstić information content (AvgIpc) is 2.90. The summed E-state index contributed by atoms with van der Waals surface area (Å²) in [6.45, 7) is 7.33. The minimum Gasteiger partial charge on any atom is -0.444 e. The van der Waals surface area contributed by atoms with Crippen molar-refractivity contribution < 1.29 is 40.0 Å². The molecular formula is C18H22F3NO6S. The molecule has 1 aromatic rings. The molecule has 11 heteroatoms. The Kier molecular flexibility index (Phi) is 5.06. The predicted octanol–water partition coefficient (Wildman–Crippen LogP) is 3.54. The van der Waals surface area contributed by atoms with E-state index >= 15 is 0 Å². The number of carbonyl (C=O) groups is 1. The van der Waals surface area contributed by atoms with Gasteiger partial charge in [0, 0.05) is 18.0 Å². The first-order valence-electron chi connectivity index (χ1n) is 8.87. The Morgan fingerprint density at radius 2 is 1.93 bits per heavy atom. The van der Waals surface area contributed by atoms with Gasteiger partial charge in [-0.05, 0) is 39.3 Å². The summed E-state index contributed by atoms with van der Waals surface area (Å²) >= 11 is 0. The zero-order valence-corrected chi connectivity index (χ0v) is 17.2. The van der Waals surface area contributed by atoms with Crippen LogP contribution in [-0.4, -0.2) is 49.2 Å². The van der Waals surface area contributed by atoms with Crippen LogP contribution in [0.15, 0.2) is 18.2 Å². The molecule has 2 aliphatic rings. The molecule has 0 unspecified atom stereocenters. The van der Waals surface area contributed by atoms with Gasteiger partial charge in [0.2, 0.25) is 0 Å². The highest BCUT2D eigenvalue weighted by Crippen LogP contribution is 2.47. The minimum atomic E-state index is -5.81. The molecule has 0 aliphatic carbocycles. The van der Waals surface area contributed by atoms with Gasteiger partial charge < -0.3 is 18.6 Å². The van der Waals surface area contributed by atoms with Crippen LogP contribution in [0, 0.1) is 0 Å². The Morgan fingerprint density at radius 1 is 1.28 bits per heavy atom. The van der Waals surface area contributed by atoms with E-state index in [1.165, 1.54) is 11.0 Å². The Hall–Kier alpha value is -2.01. The summed E-state index contributed by atoms with van der Waals surface area (Å²) in [5.41, 5.74) is -6.21. The number of ether oxygens (including phenoxy) is 2. The van der Waals surface area contributed by atoms with Crippen molar-refractivity contribution >= 4 is 16.2 Å². The zero-order chi connectivity index (χ0) is 21.8. The van der Waals surface area contributed by atoms with E-state index < -0.39 is 38.7 Å². The fourth-order valence-corrected chi connectivity index (χ4v) is 4.04.